The average Bonchev–Trinajstić information content (AvgIpc) is 3.56. The molecule has 3 aromatic rings. The van der Waals surface area contributed by atoms with Gasteiger partial charge in [-0.15, -0.1) is 4.80 Å². The Hall–Kier alpha value is -3.54. The van der Waals surface area contributed by atoms with Crippen LogP contribution in [0.3, 0.4) is 0 Å². The summed E-state index contributed by atoms with van der Waals surface area (Å²) in [6.45, 7) is 2.14. The Morgan fingerprint density at radius 1 is 1.14 bits per heavy atom. The van der Waals surface area contributed by atoms with Crippen LogP contribution in [-0.2, 0) is 10.9 Å². The first-order valence-corrected chi connectivity index (χ1v) is 11.1. The summed E-state index contributed by atoms with van der Waals surface area (Å²) in [4.78, 5) is 25.3. The number of aryl methyl sites for hydroxylation is 1. The van der Waals surface area contributed by atoms with E-state index in [2.05, 4.69) is 20.2 Å². The SMILES string of the molecule is COCC1C2CC(Oc3ccc(C(F)(F)F)cn3)C(C2)N1C(=O)c1nc(C)ccc1-n1nccn1. The van der Waals surface area contributed by atoms with Gasteiger partial charge in [0.25, 0.3) is 5.91 Å². The molecule has 0 aromatic carbocycles. The molecule has 12 heteroatoms. The number of hydrogen-bond donors (Lipinski definition) is 0. The number of nitrogens with zero attached hydrogens (tertiary/aromatic N) is 6. The number of alkyl halides is 3. The first-order valence-electron chi connectivity index (χ1n) is 11.1. The van der Waals surface area contributed by atoms with E-state index >= 15 is 0 Å². The number of fused-ring (bicyclic) bond motifs is 2. The van der Waals surface area contributed by atoms with E-state index in [-0.39, 0.29) is 35.5 Å². The normalized spacial score (nSPS) is 23.6. The van der Waals surface area contributed by atoms with E-state index in [0.29, 0.717) is 30.8 Å². The van der Waals surface area contributed by atoms with Crippen LogP contribution in [0.2, 0.25) is 0 Å². The molecule has 1 aliphatic carbocycles. The van der Waals surface area contributed by atoms with Gasteiger partial charge in [-0.25, -0.2) is 9.97 Å². The van der Waals surface area contributed by atoms with Gasteiger partial charge >= 0.3 is 6.18 Å². The maximum absolute atomic E-state index is 13.9. The molecule has 0 spiro atoms. The lowest BCUT2D eigenvalue weighted by atomic mass is 9.97. The third-order valence-electron chi connectivity index (χ3n) is 6.52. The van der Waals surface area contributed by atoms with Crippen molar-refractivity contribution in [1.82, 2.24) is 29.9 Å². The molecule has 5 rings (SSSR count). The second kappa shape index (κ2) is 8.91. The van der Waals surface area contributed by atoms with Gasteiger partial charge in [-0.3, -0.25) is 4.79 Å². The van der Waals surface area contributed by atoms with E-state index < -0.39 is 17.8 Å². The number of piperidine rings is 1. The Labute approximate surface area is 198 Å². The maximum Gasteiger partial charge on any atom is 0.417 e. The number of rotatable bonds is 6. The predicted molar refractivity (Wildman–Crippen MR) is 116 cm³/mol. The van der Waals surface area contributed by atoms with Crippen LogP contribution >= 0.6 is 0 Å². The summed E-state index contributed by atoms with van der Waals surface area (Å²) in [5.41, 5.74) is 0.478. The Balaban J connectivity index is 1.43. The molecule has 0 N–H and O–H groups in total. The predicted octanol–water partition coefficient (Wildman–Crippen LogP) is 3.08. The van der Waals surface area contributed by atoms with Crippen molar-refractivity contribution in [2.24, 2.45) is 5.92 Å². The minimum Gasteiger partial charge on any atom is -0.472 e. The molecule has 1 saturated carbocycles. The van der Waals surface area contributed by atoms with Crippen LogP contribution < -0.4 is 4.74 Å². The Morgan fingerprint density at radius 3 is 2.57 bits per heavy atom. The highest BCUT2D eigenvalue weighted by Crippen LogP contribution is 2.45. The van der Waals surface area contributed by atoms with Crippen LogP contribution in [0.15, 0.2) is 42.9 Å². The minimum absolute atomic E-state index is 0.0846. The van der Waals surface area contributed by atoms with Gasteiger partial charge in [-0.2, -0.15) is 23.4 Å². The number of pyridine rings is 2. The molecule has 0 radical (unpaired) electrons. The number of carbonyl (C=O) groups excluding carboxylic acids is 1. The highest BCUT2D eigenvalue weighted by molar-refractivity contribution is 5.96. The summed E-state index contributed by atoms with van der Waals surface area (Å²) in [5, 5.41) is 8.28. The molecule has 4 atom stereocenters. The van der Waals surface area contributed by atoms with E-state index in [0.717, 1.165) is 12.3 Å². The first-order chi connectivity index (χ1) is 16.8. The molecule has 1 saturated heterocycles. The maximum atomic E-state index is 13.9. The van der Waals surface area contributed by atoms with Crippen molar-refractivity contribution in [3.05, 3.63) is 59.8 Å². The fourth-order valence-corrected chi connectivity index (χ4v) is 5.01. The van der Waals surface area contributed by atoms with Crippen molar-refractivity contribution in [1.29, 1.82) is 0 Å². The van der Waals surface area contributed by atoms with Crippen LogP contribution in [0.1, 0.15) is 34.6 Å². The van der Waals surface area contributed by atoms with Crippen LogP contribution in [0.5, 0.6) is 5.88 Å². The fraction of sp³-hybridized carbons (Fsp3) is 0.435. The third kappa shape index (κ3) is 4.33. The van der Waals surface area contributed by atoms with Crippen molar-refractivity contribution >= 4 is 5.91 Å². The molecule has 35 heavy (non-hydrogen) atoms. The number of aromatic nitrogens is 5. The summed E-state index contributed by atoms with van der Waals surface area (Å²) in [6.07, 6.45) is 0.209. The van der Waals surface area contributed by atoms with E-state index in [1.54, 1.807) is 31.1 Å². The number of carbonyl (C=O) groups is 1. The zero-order chi connectivity index (χ0) is 24.7. The Morgan fingerprint density at radius 2 is 1.91 bits per heavy atom. The molecule has 4 heterocycles. The Bertz CT molecular complexity index is 1200. The Kier molecular flexibility index (Phi) is 5.91. The monoisotopic (exact) mass is 488 g/mol. The second-order valence-electron chi connectivity index (χ2n) is 8.71. The summed E-state index contributed by atoms with van der Waals surface area (Å²) >= 11 is 0. The van der Waals surface area contributed by atoms with Gasteiger partial charge in [0.05, 0.1) is 36.6 Å². The van der Waals surface area contributed by atoms with Gasteiger partial charge in [-0.1, -0.05) is 0 Å². The van der Waals surface area contributed by atoms with Gasteiger partial charge in [0, 0.05) is 25.1 Å². The zero-order valence-corrected chi connectivity index (χ0v) is 19.0. The van der Waals surface area contributed by atoms with E-state index in [1.165, 1.54) is 23.3 Å². The van der Waals surface area contributed by atoms with Crippen molar-refractivity contribution < 1.29 is 27.4 Å². The highest BCUT2D eigenvalue weighted by Gasteiger charge is 2.55. The molecule has 2 bridgehead atoms. The number of hydrogen-bond acceptors (Lipinski definition) is 7. The quantitative estimate of drug-likeness (QED) is 0.526. The van der Waals surface area contributed by atoms with Crippen LogP contribution in [-0.4, -0.2) is 67.7 Å². The molecule has 1 amide bonds. The van der Waals surface area contributed by atoms with Gasteiger partial charge in [0.1, 0.15) is 11.8 Å². The molecule has 2 aliphatic rings. The lowest BCUT2D eigenvalue weighted by Gasteiger charge is -2.39. The largest absolute Gasteiger partial charge is 0.472 e. The first kappa shape index (κ1) is 23.2. The molecule has 2 fully saturated rings. The summed E-state index contributed by atoms with van der Waals surface area (Å²) in [5.74, 6) is -0.106. The van der Waals surface area contributed by atoms with Crippen molar-refractivity contribution in [3.63, 3.8) is 0 Å². The average molecular weight is 488 g/mol. The second-order valence-corrected chi connectivity index (χ2v) is 8.71. The van der Waals surface area contributed by atoms with Crippen LogP contribution in [0.4, 0.5) is 13.2 Å². The molecular formula is C23H23F3N6O3. The van der Waals surface area contributed by atoms with Gasteiger partial charge in [0.15, 0.2) is 5.69 Å². The number of likely N-dealkylation sites (tertiary alicyclic amines) is 1. The van der Waals surface area contributed by atoms with Crippen molar-refractivity contribution in [2.45, 2.75) is 44.1 Å². The number of ether oxygens (including phenoxy) is 2. The summed E-state index contributed by atoms with van der Waals surface area (Å²) in [7, 11) is 1.58. The van der Waals surface area contributed by atoms with Gasteiger partial charge in [-0.05, 0) is 43.9 Å². The van der Waals surface area contributed by atoms with Crippen LogP contribution in [0.25, 0.3) is 5.69 Å². The number of halogens is 3. The lowest BCUT2D eigenvalue weighted by Crippen LogP contribution is -2.53. The highest BCUT2D eigenvalue weighted by atomic mass is 19.4. The summed E-state index contributed by atoms with van der Waals surface area (Å²) < 4.78 is 50.0. The van der Waals surface area contributed by atoms with Gasteiger partial charge < -0.3 is 14.4 Å². The molecule has 4 unspecified atom stereocenters. The van der Waals surface area contributed by atoms with Crippen molar-refractivity contribution in [3.8, 4) is 11.6 Å². The molecular weight excluding hydrogens is 465 g/mol. The van der Waals surface area contributed by atoms with E-state index in [4.69, 9.17) is 9.47 Å². The molecule has 9 nitrogen and oxygen atoms in total. The topological polar surface area (TPSA) is 95.3 Å². The minimum atomic E-state index is -4.48. The zero-order valence-electron chi connectivity index (χ0n) is 19.0. The lowest BCUT2D eigenvalue weighted by molar-refractivity contribution is -0.137. The third-order valence-corrected chi connectivity index (χ3v) is 6.52. The molecule has 3 aromatic heterocycles. The van der Waals surface area contributed by atoms with Gasteiger partial charge in [0.2, 0.25) is 5.88 Å². The van der Waals surface area contributed by atoms with E-state index in [1.807, 2.05) is 0 Å². The van der Waals surface area contributed by atoms with E-state index in [9.17, 15) is 18.0 Å². The standard InChI is InChI=1S/C23H23F3N6O3/c1-13-3-5-16(32-28-7-8-29-32)21(30-13)22(33)31-17-9-14(18(31)12-34-2)10-19(17)35-20-6-4-15(11-27-20)23(24,25)26/h3-8,11,14,17-19H,9-10,12H2,1-2H3. The molecule has 184 valence electrons. The molecule has 1 aliphatic heterocycles. The van der Waals surface area contributed by atoms with Crippen molar-refractivity contribution in [2.75, 3.05) is 13.7 Å². The summed E-state index contributed by atoms with van der Waals surface area (Å²) in [6, 6.07) is 5.18. The van der Waals surface area contributed by atoms with Crippen LogP contribution in [0, 0.1) is 12.8 Å². The smallest absolute Gasteiger partial charge is 0.417 e. The fourth-order valence-electron chi connectivity index (χ4n) is 5.01. The number of methoxy groups -OCH3 is 1. The number of amides is 1.